The highest BCUT2D eigenvalue weighted by molar-refractivity contribution is 5.24. The van der Waals surface area contributed by atoms with Crippen molar-refractivity contribution in [2.45, 2.75) is 38.4 Å². The molecule has 15 heavy (non-hydrogen) atoms. The second kappa shape index (κ2) is 4.81. The van der Waals surface area contributed by atoms with E-state index in [0.29, 0.717) is 18.8 Å². The van der Waals surface area contributed by atoms with Gasteiger partial charge in [0.2, 0.25) is 0 Å². The highest BCUT2D eigenvalue weighted by Crippen LogP contribution is 2.20. The van der Waals surface area contributed by atoms with Crippen LogP contribution in [-0.2, 0) is 0 Å². The van der Waals surface area contributed by atoms with E-state index in [1.165, 1.54) is 31.4 Å². The van der Waals surface area contributed by atoms with Crippen molar-refractivity contribution in [2.24, 2.45) is 5.73 Å². The van der Waals surface area contributed by atoms with Crippen molar-refractivity contribution in [3.63, 3.8) is 0 Å². The molecule has 1 saturated heterocycles. The Labute approximate surface area is 92.0 Å². The molecule has 1 unspecified atom stereocenters. The van der Waals surface area contributed by atoms with Crippen molar-refractivity contribution in [3.05, 3.63) is 23.9 Å². The van der Waals surface area contributed by atoms with Gasteiger partial charge in [-0.2, -0.15) is 0 Å². The molecular formula is C12H21N3. The summed E-state index contributed by atoms with van der Waals surface area (Å²) >= 11 is 0. The number of hydrogen-bond acceptors (Lipinski definition) is 3. The molecule has 2 aliphatic heterocycles. The highest BCUT2D eigenvalue weighted by Gasteiger charge is 2.24. The first-order chi connectivity index (χ1) is 7.31. The summed E-state index contributed by atoms with van der Waals surface area (Å²) in [5.74, 6) is 0. The van der Waals surface area contributed by atoms with Gasteiger partial charge < -0.3 is 11.1 Å². The fourth-order valence-electron chi connectivity index (χ4n) is 2.38. The quantitative estimate of drug-likeness (QED) is 0.714. The summed E-state index contributed by atoms with van der Waals surface area (Å²) in [6, 6.07) is 0.689. The van der Waals surface area contributed by atoms with Crippen molar-refractivity contribution < 1.29 is 0 Å². The molecule has 0 saturated carbocycles. The molecule has 1 fully saturated rings. The van der Waals surface area contributed by atoms with Crippen LogP contribution >= 0.6 is 0 Å². The average molecular weight is 207 g/mol. The van der Waals surface area contributed by atoms with Crippen molar-refractivity contribution in [3.8, 4) is 0 Å². The Hall–Kier alpha value is -0.800. The third-order valence-corrected chi connectivity index (χ3v) is 3.38. The zero-order chi connectivity index (χ0) is 10.7. The number of hydrogen-bond donors (Lipinski definition) is 2. The van der Waals surface area contributed by atoms with E-state index in [1.807, 2.05) is 6.20 Å². The topological polar surface area (TPSA) is 41.3 Å². The number of piperidine rings is 1. The first-order valence-corrected chi connectivity index (χ1v) is 5.90. The van der Waals surface area contributed by atoms with Crippen LogP contribution in [0.1, 0.15) is 26.2 Å². The largest absolute Gasteiger partial charge is 0.372 e. The van der Waals surface area contributed by atoms with Crippen molar-refractivity contribution in [2.75, 3.05) is 13.1 Å². The summed E-state index contributed by atoms with van der Waals surface area (Å²) < 4.78 is 0. The number of nitrogens with one attached hydrogen (secondary N) is 1. The first kappa shape index (κ1) is 10.7. The summed E-state index contributed by atoms with van der Waals surface area (Å²) in [6.45, 7) is 4.14. The minimum absolute atomic E-state index is 0.371. The minimum Gasteiger partial charge on any atom is -0.372 e. The van der Waals surface area contributed by atoms with Gasteiger partial charge in [-0.3, -0.25) is 4.90 Å². The number of nitrogens with two attached hydrogens (primary N) is 1. The summed E-state index contributed by atoms with van der Waals surface area (Å²) in [5.41, 5.74) is 6.76. The molecule has 2 rings (SSSR count). The van der Waals surface area contributed by atoms with E-state index in [-0.39, 0.29) is 0 Å². The molecule has 3 nitrogen and oxygen atoms in total. The Balaban J connectivity index is 1.95. The van der Waals surface area contributed by atoms with Gasteiger partial charge in [0.15, 0.2) is 0 Å². The van der Waals surface area contributed by atoms with Gasteiger partial charge in [-0.1, -0.05) is 12.5 Å². The predicted molar refractivity (Wildman–Crippen MR) is 63.2 cm³/mol. The van der Waals surface area contributed by atoms with E-state index in [0.717, 1.165) is 0 Å². The molecule has 0 aromatic rings. The molecule has 2 aliphatic rings. The number of dihydropyridines is 1. The Kier molecular flexibility index (Phi) is 3.44. The molecule has 0 bridgehead atoms. The second-order valence-corrected chi connectivity index (χ2v) is 4.48. The van der Waals surface area contributed by atoms with E-state index in [1.54, 1.807) is 0 Å². The van der Waals surface area contributed by atoms with E-state index in [2.05, 4.69) is 29.3 Å². The second-order valence-electron chi connectivity index (χ2n) is 4.48. The Morgan fingerprint density at radius 2 is 2.40 bits per heavy atom. The normalized spacial score (nSPS) is 32.3. The van der Waals surface area contributed by atoms with Gasteiger partial charge in [0, 0.05) is 25.3 Å². The zero-order valence-corrected chi connectivity index (χ0v) is 9.45. The molecule has 3 heteroatoms. The fraction of sp³-hybridized carbons (Fsp3) is 0.667. The molecule has 0 aliphatic carbocycles. The molecule has 2 heterocycles. The van der Waals surface area contributed by atoms with Gasteiger partial charge in [-0.05, 0) is 31.4 Å². The molecule has 2 atom stereocenters. The van der Waals surface area contributed by atoms with E-state index >= 15 is 0 Å². The number of nitrogens with zero attached hydrogens (tertiary/aromatic N) is 1. The maximum atomic E-state index is 5.58. The molecule has 0 aromatic carbocycles. The fourth-order valence-corrected chi connectivity index (χ4v) is 2.38. The average Bonchev–Trinajstić information content (AvgIpc) is 2.30. The van der Waals surface area contributed by atoms with Gasteiger partial charge in [-0.15, -0.1) is 0 Å². The molecular weight excluding hydrogens is 186 g/mol. The molecule has 3 N–H and O–H groups in total. The molecule has 0 aromatic heterocycles. The number of likely N-dealkylation sites (tertiary alicyclic amines) is 1. The van der Waals surface area contributed by atoms with Crippen LogP contribution in [0.2, 0.25) is 0 Å². The van der Waals surface area contributed by atoms with Crippen LogP contribution in [0, 0.1) is 0 Å². The summed E-state index contributed by atoms with van der Waals surface area (Å²) in [6.07, 6.45) is 10.8. The first-order valence-electron chi connectivity index (χ1n) is 5.90. The maximum Gasteiger partial charge on any atom is 0.0987 e. The third-order valence-electron chi connectivity index (χ3n) is 3.38. The predicted octanol–water partition coefficient (Wildman–Crippen LogP) is 1.19. The SMILES string of the molecule is C[C@@H]1CCCCN1C1C=CC(CN)=CN1. The van der Waals surface area contributed by atoms with Crippen LogP contribution in [0.3, 0.4) is 0 Å². The van der Waals surface area contributed by atoms with Gasteiger partial charge in [0.1, 0.15) is 0 Å². The van der Waals surface area contributed by atoms with E-state index in [4.69, 9.17) is 5.73 Å². The van der Waals surface area contributed by atoms with Crippen molar-refractivity contribution >= 4 is 0 Å². The van der Waals surface area contributed by atoms with Crippen LogP contribution in [0.25, 0.3) is 0 Å². The van der Waals surface area contributed by atoms with Crippen LogP contribution in [0.15, 0.2) is 23.9 Å². The molecule has 0 amide bonds. The monoisotopic (exact) mass is 207 g/mol. The zero-order valence-electron chi connectivity index (χ0n) is 9.45. The van der Waals surface area contributed by atoms with Crippen molar-refractivity contribution in [1.29, 1.82) is 0 Å². The maximum absolute atomic E-state index is 5.58. The molecule has 0 spiro atoms. The Morgan fingerprint density at radius 1 is 1.53 bits per heavy atom. The minimum atomic E-state index is 0.371. The smallest absolute Gasteiger partial charge is 0.0987 e. The van der Waals surface area contributed by atoms with Crippen LogP contribution < -0.4 is 11.1 Å². The number of rotatable bonds is 2. The Morgan fingerprint density at radius 3 is 3.00 bits per heavy atom. The van der Waals surface area contributed by atoms with E-state index < -0.39 is 0 Å². The van der Waals surface area contributed by atoms with Gasteiger partial charge in [0.05, 0.1) is 6.17 Å². The van der Waals surface area contributed by atoms with E-state index in [9.17, 15) is 0 Å². The lowest BCUT2D eigenvalue weighted by atomic mass is 10.0. The Bertz CT molecular complexity index is 270. The summed E-state index contributed by atoms with van der Waals surface area (Å²) in [4.78, 5) is 2.53. The highest BCUT2D eigenvalue weighted by atomic mass is 15.3. The summed E-state index contributed by atoms with van der Waals surface area (Å²) in [7, 11) is 0. The van der Waals surface area contributed by atoms with Gasteiger partial charge >= 0.3 is 0 Å². The summed E-state index contributed by atoms with van der Waals surface area (Å²) in [5, 5.41) is 3.42. The van der Waals surface area contributed by atoms with Gasteiger partial charge in [-0.25, -0.2) is 0 Å². The van der Waals surface area contributed by atoms with Gasteiger partial charge in [0.25, 0.3) is 0 Å². The molecule has 84 valence electrons. The third kappa shape index (κ3) is 2.41. The lowest BCUT2D eigenvalue weighted by Gasteiger charge is -2.39. The molecule has 0 radical (unpaired) electrons. The van der Waals surface area contributed by atoms with Crippen LogP contribution in [0.4, 0.5) is 0 Å². The lowest BCUT2D eigenvalue weighted by molar-refractivity contribution is 0.117. The van der Waals surface area contributed by atoms with Crippen LogP contribution in [0.5, 0.6) is 0 Å². The lowest BCUT2D eigenvalue weighted by Crippen LogP contribution is -2.50. The van der Waals surface area contributed by atoms with Crippen LogP contribution in [-0.4, -0.2) is 30.2 Å². The standard InChI is InChI=1S/C12H21N3/c1-10-4-2-3-7-15(10)12-6-5-11(8-13)9-14-12/h5-6,9-10,12,14H,2-4,7-8,13H2,1H3/t10-,12?/m1/s1. The van der Waals surface area contributed by atoms with Crippen molar-refractivity contribution in [1.82, 2.24) is 10.2 Å².